The lowest BCUT2D eigenvalue weighted by Crippen LogP contribution is -2.29. The maximum absolute atomic E-state index is 10.8. The Morgan fingerprint density at radius 3 is 2.13 bits per heavy atom. The predicted octanol–water partition coefficient (Wildman–Crippen LogP) is 1.99. The molecule has 0 spiro atoms. The minimum absolute atomic E-state index is 0.0942. The molecular formula is C21H24O9. The average molecular weight is 420 g/mol. The molecule has 30 heavy (non-hydrogen) atoms. The van der Waals surface area contributed by atoms with E-state index in [9.17, 15) is 20.1 Å². The maximum Gasteiger partial charge on any atom is 0.328 e. The van der Waals surface area contributed by atoms with Crippen molar-refractivity contribution in [1.82, 2.24) is 0 Å². The zero-order valence-corrected chi connectivity index (χ0v) is 16.7. The van der Waals surface area contributed by atoms with Crippen LogP contribution in [0.1, 0.15) is 17.2 Å². The predicted molar refractivity (Wildman–Crippen MR) is 107 cm³/mol. The Hall–Kier alpha value is -3.43. The van der Waals surface area contributed by atoms with Crippen LogP contribution >= 0.6 is 0 Å². The normalized spacial score (nSPS) is 13.0. The quantitative estimate of drug-likeness (QED) is 0.426. The first kappa shape index (κ1) is 22.9. The van der Waals surface area contributed by atoms with Crippen molar-refractivity contribution in [1.29, 1.82) is 0 Å². The summed E-state index contributed by atoms with van der Waals surface area (Å²) in [4.78, 5) is 10.8. The number of hydrogen-bond donors (Lipinski definition) is 4. The van der Waals surface area contributed by atoms with E-state index in [0.29, 0.717) is 11.1 Å². The van der Waals surface area contributed by atoms with Crippen molar-refractivity contribution in [2.75, 3.05) is 27.9 Å². The third kappa shape index (κ3) is 5.34. The van der Waals surface area contributed by atoms with Crippen molar-refractivity contribution in [2.24, 2.45) is 0 Å². The molecule has 4 N–H and O–H groups in total. The summed E-state index contributed by atoms with van der Waals surface area (Å²) in [5, 5.41) is 39.0. The van der Waals surface area contributed by atoms with Crippen LogP contribution in [0, 0.1) is 0 Å². The van der Waals surface area contributed by atoms with Crippen LogP contribution in [0.25, 0.3) is 6.08 Å². The van der Waals surface area contributed by atoms with Crippen molar-refractivity contribution < 1.29 is 44.2 Å². The van der Waals surface area contributed by atoms with E-state index in [1.54, 1.807) is 0 Å². The van der Waals surface area contributed by atoms with Gasteiger partial charge in [0, 0.05) is 6.08 Å². The molecule has 9 nitrogen and oxygen atoms in total. The summed E-state index contributed by atoms with van der Waals surface area (Å²) >= 11 is 0. The standard InChI is InChI=1S/C21H24O9/c1-27-15-10-13(5-6-14(15)23)20(26)18(11-22)30-21-16(28-2)8-12(4-7-19(24)25)9-17(21)29-3/h4-10,18,20,22-23,26H,11H2,1-3H3,(H,24,25). The van der Waals surface area contributed by atoms with Crippen LogP contribution in [0.4, 0.5) is 0 Å². The summed E-state index contributed by atoms with van der Waals surface area (Å²) in [5.41, 5.74) is 0.838. The van der Waals surface area contributed by atoms with E-state index in [4.69, 9.17) is 24.1 Å². The molecule has 0 aliphatic heterocycles. The highest BCUT2D eigenvalue weighted by Gasteiger charge is 2.26. The smallest absolute Gasteiger partial charge is 0.328 e. The van der Waals surface area contributed by atoms with E-state index in [0.717, 1.165) is 6.08 Å². The van der Waals surface area contributed by atoms with Crippen molar-refractivity contribution in [2.45, 2.75) is 12.2 Å². The number of carboxylic acid groups (broad SMARTS) is 1. The third-order valence-corrected chi connectivity index (χ3v) is 4.25. The Morgan fingerprint density at radius 2 is 1.63 bits per heavy atom. The van der Waals surface area contributed by atoms with Gasteiger partial charge in [-0.3, -0.25) is 0 Å². The molecule has 2 rings (SSSR count). The Balaban J connectivity index is 2.38. The van der Waals surface area contributed by atoms with Crippen LogP contribution in [0.15, 0.2) is 36.4 Å². The van der Waals surface area contributed by atoms with Gasteiger partial charge in [-0.05, 0) is 41.5 Å². The fraction of sp³-hybridized carbons (Fsp3) is 0.286. The van der Waals surface area contributed by atoms with Gasteiger partial charge in [-0.15, -0.1) is 0 Å². The first-order chi connectivity index (χ1) is 14.3. The van der Waals surface area contributed by atoms with Crippen LogP contribution in [0.5, 0.6) is 28.7 Å². The monoisotopic (exact) mass is 420 g/mol. The van der Waals surface area contributed by atoms with Gasteiger partial charge in [-0.2, -0.15) is 0 Å². The SMILES string of the molecule is COc1cc(C(O)C(CO)Oc2c(OC)cc(C=CC(=O)O)cc2OC)ccc1O. The highest BCUT2D eigenvalue weighted by molar-refractivity contribution is 5.85. The van der Waals surface area contributed by atoms with Gasteiger partial charge in [0.25, 0.3) is 0 Å². The minimum Gasteiger partial charge on any atom is -0.504 e. The highest BCUT2D eigenvalue weighted by atomic mass is 16.6. The molecule has 0 bridgehead atoms. The van der Waals surface area contributed by atoms with Gasteiger partial charge in [0.1, 0.15) is 6.10 Å². The lowest BCUT2D eigenvalue weighted by Gasteiger charge is -2.25. The molecular weight excluding hydrogens is 396 g/mol. The number of aliphatic carboxylic acids is 1. The summed E-state index contributed by atoms with van der Waals surface area (Å²) in [5.74, 6) is -0.491. The Labute approximate surface area is 173 Å². The molecule has 2 unspecified atom stereocenters. The van der Waals surface area contributed by atoms with Gasteiger partial charge in [0.2, 0.25) is 5.75 Å². The van der Waals surface area contributed by atoms with Crippen LogP contribution in [0.2, 0.25) is 0 Å². The molecule has 0 saturated heterocycles. The second-order valence-electron chi connectivity index (χ2n) is 6.14. The number of aromatic hydroxyl groups is 1. The number of methoxy groups -OCH3 is 3. The molecule has 0 aromatic heterocycles. The average Bonchev–Trinajstić information content (AvgIpc) is 2.75. The number of phenols is 1. The number of hydrogen-bond acceptors (Lipinski definition) is 8. The van der Waals surface area contributed by atoms with Crippen molar-refractivity contribution in [3.8, 4) is 28.7 Å². The molecule has 162 valence electrons. The summed E-state index contributed by atoms with van der Waals surface area (Å²) in [6.07, 6.45) is -0.0566. The number of carboxylic acids is 1. The molecule has 2 aromatic carbocycles. The van der Waals surface area contributed by atoms with Crippen LogP contribution in [-0.4, -0.2) is 60.4 Å². The van der Waals surface area contributed by atoms with Gasteiger partial charge in [0.05, 0.1) is 27.9 Å². The molecule has 2 atom stereocenters. The van der Waals surface area contributed by atoms with Gasteiger partial charge in [0.15, 0.2) is 29.1 Å². The van der Waals surface area contributed by atoms with Gasteiger partial charge >= 0.3 is 5.97 Å². The third-order valence-electron chi connectivity index (χ3n) is 4.25. The molecule has 0 fully saturated rings. The van der Waals surface area contributed by atoms with E-state index in [1.165, 1.54) is 57.7 Å². The number of benzene rings is 2. The van der Waals surface area contributed by atoms with E-state index < -0.39 is 24.8 Å². The van der Waals surface area contributed by atoms with Crippen molar-refractivity contribution >= 4 is 12.0 Å². The van der Waals surface area contributed by atoms with E-state index >= 15 is 0 Å². The highest BCUT2D eigenvalue weighted by Crippen LogP contribution is 2.41. The number of aliphatic hydroxyl groups excluding tert-OH is 2. The number of rotatable bonds is 10. The summed E-state index contributed by atoms with van der Waals surface area (Å²) < 4.78 is 21.5. The van der Waals surface area contributed by atoms with Crippen molar-refractivity contribution in [3.63, 3.8) is 0 Å². The molecule has 0 aliphatic rings. The van der Waals surface area contributed by atoms with Crippen molar-refractivity contribution in [3.05, 3.63) is 47.5 Å². The molecule has 0 amide bonds. The molecule has 2 aromatic rings. The largest absolute Gasteiger partial charge is 0.504 e. The number of aliphatic hydroxyl groups is 2. The van der Waals surface area contributed by atoms with Gasteiger partial charge in [-0.1, -0.05) is 6.07 Å². The lowest BCUT2D eigenvalue weighted by molar-refractivity contribution is -0.131. The van der Waals surface area contributed by atoms with Gasteiger partial charge < -0.3 is 39.4 Å². The second kappa shape index (κ2) is 10.4. The molecule has 0 heterocycles. The van der Waals surface area contributed by atoms with E-state index in [2.05, 4.69) is 0 Å². The topological polar surface area (TPSA) is 135 Å². The zero-order chi connectivity index (χ0) is 22.3. The Kier molecular flexibility index (Phi) is 7.90. The van der Waals surface area contributed by atoms with Crippen LogP contribution < -0.4 is 18.9 Å². The fourth-order valence-corrected chi connectivity index (χ4v) is 2.73. The van der Waals surface area contributed by atoms with E-state index in [1.807, 2.05) is 0 Å². The zero-order valence-electron chi connectivity index (χ0n) is 16.7. The second-order valence-corrected chi connectivity index (χ2v) is 6.14. The molecule has 0 aliphatic carbocycles. The van der Waals surface area contributed by atoms with Crippen LogP contribution in [0.3, 0.4) is 0 Å². The summed E-state index contributed by atoms with van der Waals surface area (Å²) in [6, 6.07) is 7.32. The van der Waals surface area contributed by atoms with Crippen LogP contribution in [-0.2, 0) is 4.79 Å². The number of carbonyl (C=O) groups is 1. The van der Waals surface area contributed by atoms with E-state index in [-0.39, 0.29) is 28.7 Å². The Morgan fingerprint density at radius 1 is 1.03 bits per heavy atom. The first-order valence-corrected chi connectivity index (χ1v) is 8.84. The molecule has 9 heteroatoms. The molecule has 0 saturated carbocycles. The first-order valence-electron chi connectivity index (χ1n) is 8.84. The summed E-state index contributed by atoms with van der Waals surface area (Å²) in [7, 11) is 4.16. The number of phenolic OH excluding ortho intramolecular Hbond substituents is 1. The molecule has 0 radical (unpaired) electrons. The number of ether oxygens (including phenoxy) is 4. The van der Waals surface area contributed by atoms with Gasteiger partial charge in [-0.25, -0.2) is 4.79 Å². The summed E-state index contributed by atoms with van der Waals surface area (Å²) in [6.45, 7) is -0.544. The lowest BCUT2D eigenvalue weighted by atomic mass is 10.0. The Bertz CT molecular complexity index is 882. The maximum atomic E-state index is 10.8. The fourth-order valence-electron chi connectivity index (χ4n) is 2.73. The minimum atomic E-state index is -1.27.